The Morgan fingerprint density at radius 1 is 1.17 bits per heavy atom. The normalized spacial score (nSPS) is 23.5. The Morgan fingerprint density at radius 2 is 1.93 bits per heavy atom. The molecule has 1 aliphatic carbocycles. The number of fused-ring (bicyclic) bond motifs is 1. The van der Waals surface area contributed by atoms with Gasteiger partial charge in [-0.2, -0.15) is 8.42 Å². The number of rotatable bonds is 6. The maximum Gasteiger partial charge on any atom is 0.285 e. The molecule has 1 saturated heterocycles. The highest BCUT2D eigenvalue weighted by Gasteiger charge is 2.39. The summed E-state index contributed by atoms with van der Waals surface area (Å²) in [6.07, 6.45) is 9.06. The average molecular weight is 433 g/mol. The fraction of sp³-hybridized carbons (Fsp3) is 0.636. The van der Waals surface area contributed by atoms with Crippen LogP contribution in [0.25, 0.3) is 0 Å². The molecule has 0 unspecified atom stereocenters. The van der Waals surface area contributed by atoms with E-state index in [1.165, 1.54) is 32.1 Å². The Morgan fingerprint density at radius 3 is 2.73 bits per heavy atom. The molecule has 2 aliphatic heterocycles. The van der Waals surface area contributed by atoms with Gasteiger partial charge in [-0.05, 0) is 57.8 Å². The number of nitrogens with zero attached hydrogens (tertiary/aromatic N) is 3. The molecule has 0 bridgehead atoms. The first-order valence-electron chi connectivity index (χ1n) is 11.2. The molecule has 1 aromatic rings. The Bertz CT molecular complexity index is 909. The Labute approximate surface area is 179 Å². The van der Waals surface area contributed by atoms with E-state index in [-0.39, 0.29) is 16.8 Å². The highest BCUT2D eigenvalue weighted by Crippen LogP contribution is 2.31. The summed E-state index contributed by atoms with van der Waals surface area (Å²) in [7, 11) is -1.49. The summed E-state index contributed by atoms with van der Waals surface area (Å²) in [5.74, 6) is 0.387. The molecule has 2 fully saturated rings. The first-order valence-corrected chi connectivity index (χ1v) is 12.6. The molecule has 1 aromatic carbocycles. The smallest absolute Gasteiger partial charge is 0.285 e. The zero-order valence-electron chi connectivity index (χ0n) is 17.7. The number of sulfonamides is 1. The maximum absolute atomic E-state index is 12.9. The lowest BCUT2D eigenvalue weighted by Crippen LogP contribution is -2.46. The number of carbonyl (C=O) groups excluding carboxylic acids is 1. The van der Waals surface area contributed by atoms with Gasteiger partial charge in [-0.1, -0.05) is 31.4 Å². The summed E-state index contributed by atoms with van der Waals surface area (Å²) in [6, 6.07) is 7.18. The number of amides is 1. The van der Waals surface area contributed by atoms with Crippen LogP contribution in [-0.2, 0) is 14.8 Å². The Hall–Kier alpha value is -1.93. The lowest BCUT2D eigenvalue weighted by molar-refractivity contribution is -0.124. The zero-order chi connectivity index (χ0) is 21.1. The van der Waals surface area contributed by atoms with Gasteiger partial charge >= 0.3 is 0 Å². The van der Waals surface area contributed by atoms with Crippen molar-refractivity contribution in [2.75, 3.05) is 26.7 Å². The van der Waals surface area contributed by atoms with Crippen LogP contribution in [0.5, 0.6) is 0 Å². The van der Waals surface area contributed by atoms with Gasteiger partial charge in [-0.3, -0.25) is 4.79 Å². The van der Waals surface area contributed by atoms with Crippen molar-refractivity contribution < 1.29 is 13.2 Å². The van der Waals surface area contributed by atoms with E-state index in [0.717, 1.165) is 25.8 Å². The van der Waals surface area contributed by atoms with E-state index >= 15 is 0 Å². The van der Waals surface area contributed by atoms with Crippen LogP contribution in [0.3, 0.4) is 0 Å². The van der Waals surface area contributed by atoms with Crippen LogP contribution in [0, 0.1) is 0 Å². The Kier molecular flexibility index (Phi) is 6.43. The van der Waals surface area contributed by atoms with E-state index in [0.29, 0.717) is 30.5 Å². The van der Waals surface area contributed by atoms with E-state index in [1.807, 2.05) is 11.0 Å². The fourth-order valence-electron chi connectivity index (χ4n) is 4.95. The molecule has 1 N–H and O–H groups in total. The molecule has 1 atom stereocenters. The summed E-state index contributed by atoms with van der Waals surface area (Å²) >= 11 is 0. The number of carbonyl (C=O) groups is 1. The van der Waals surface area contributed by atoms with Crippen molar-refractivity contribution in [3.05, 3.63) is 29.8 Å². The van der Waals surface area contributed by atoms with E-state index in [1.54, 1.807) is 18.2 Å². The second-order valence-electron chi connectivity index (χ2n) is 8.65. The van der Waals surface area contributed by atoms with Crippen LogP contribution in [0.4, 0.5) is 0 Å². The summed E-state index contributed by atoms with van der Waals surface area (Å²) in [5, 5.41) is 3.07. The maximum atomic E-state index is 12.9. The summed E-state index contributed by atoms with van der Waals surface area (Å²) in [4.78, 5) is 17.4. The van der Waals surface area contributed by atoms with Crippen LogP contribution >= 0.6 is 0 Å². The SMILES string of the molecule is CN(CCCNC(=O)[C@@H]1CCCN1C1=NS(=O)(=O)c2ccccc21)C1CCCCC1. The second-order valence-corrected chi connectivity index (χ2v) is 10.2. The molecular formula is C22H32N4O3S. The molecule has 4 rings (SSSR count). The van der Waals surface area contributed by atoms with Gasteiger partial charge in [0.1, 0.15) is 10.9 Å². The molecule has 30 heavy (non-hydrogen) atoms. The van der Waals surface area contributed by atoms with Gasteiger partial charge in [-0.25, -0.2) is 0 Å². The first kappa shape index (κ1) is 21.3. The minimum atomic E-state index is -3.67. The number of benzene rings is 1. The summed E-state index contributed by atoms with van der Waals surface area (Å²) in [5.41, 5.74) is 0.603. The number of hydrogen-bond acceptors (Lipinski definition) is 5. The monoisotopic (exact) mass is 432 g/mol. The molecule has 0 aromatic heterocycles. The van der Waals surface area contributed by atoms with Gasteiger partial charge in [0.15, 0.2) is 5.84 Å². The molecule has 3 aliphatic rings. The quantitative estimate of drug-likeness (QED) is 0.698. The van der Waals surface area contributed by atoms with Crippen molar-refractivity contribution in [2.24, 2.45) is 4.40 Å². The molecule has 1 saturated carbocycles. The molecule has 7 nitrogen and oxygen atoms in total. The van der Waals surface area contributed by atoms with Gasteiger partial charge in [0.2, 0.25) is 5.91 Å². The van der Waals surface area contributed by atoms with E-state index in [2.05, 4.69) is 21.7 Å². The highest BCUT2D eigenvalue weighted by atomic mass is 32.2. The molecule has 1 amide bonds. The van der Waals surface area contributed by atoms with Crippen LogP contribution < -0.4 is 5.32 Å². The summed E-state index contributed by atoms with van der Waals surface area (Å²) < 4.78 is 28.8. The van der Waals surface area contributed by atoms with Crippen molar-refractivity contribution in [2.45, 2.75) is 68.3 Å². The minimum Gasteiger partial charge on any atom is -0.354 e. The minimum absolute atomic E-state index is 0.0303. The van der Waals surface area contributed by atoms with E-state index in [4.69, 9.17) is 0 Å². The lowest BCUT2D eigenvalue weighted by atomic mass is 9.94. The zero-order valence-corrected chi connectivity index (χ0v) is 18.5. The van der Waals surface area contributed by atoms with Gasteiger partial charge in [0.25, 0.3) is 10.0 Å². The molecule has 8 heteroatoms. The van der Waals surface area contributed by atoms with Crippen molar-refractivity contribution in [3.8, 4) is 0 Å². The fourth-order valence-corrected chi connectivity index (χ4v) is 6.17. The van der Waals surface area contributed by atoms with Crippen LogP contribution in [0.2, 0.25) is 0 Å². The van der Waals surface area contributed by atoms with E-state index in [9.17, 15) is 13.2 Å². The predicted octanol–water partition coefficient (Wildman–Crippen LogP) is 2.37. The third-order valence-corrected chi connectivity index (χ3v) is 7.95. The molecule has 164 valence electrons. The van der Waals surface area contributed by atoms with Crippen LogP contribution in [0.1, 0.15) is 56.9 Å². The van der Waals surface area contributed by atoms with Crippen molar-refractivity contribution >= 4 is 21.8 Å². The molecule has 2 heterocycles. The number of hydrogen-bond donors (Lipinski definition) is 1. The average Bonchev–Trinajstić information content (AvgIpc) is 3.34. The highest BCUT2D eigenvalue weighted by molar-refractivity contribution is 7.90. The van der Waals surface area contributed by atoms with Crippen LogP contribution in [0.15, 0.2) is 33.6 Å². The van der Waals surface area contributed by atoms with E-state index < -0.39 is 10.0 Å². The molecular weight excluding hydrogens is 400 g/mol. The number of amidine groups is 1. The number of nitrogens with one attached hydrogen (secondary N) is 1. The number of likely N-dealkylation sites (tertiary alicyclic amines) is 1. The van der Waals surface area contributed by atoms with Crippen molar-refractivity contribution in [3.63, 3.8) is 0 Å². The van der Waals surface area contributed by atoms with Crippen molar-refractivity contribution in [1.29, 1.82) is 0 Å². The third kappa shape index (κ3) is 4.39. The topological polar surface area (TPSA) is 82.1 Å². The van der Waals surface area contributed by atoms with Gasteiger partial charge in [-0.15, -0.1) is 4.40 Å². The Balaban J connectivity index is 1.32. The predicted molar refractivity (Wildman–Crippen MR) is 117 cm³/mol. The first-order chi connectivity index (χ1) is 14.5. The lowest BCUT2D eigenvalue weighted by Gasteiger charge is -2.31. The van der Waals surface area contributed by atoms with Gasteiger partial charge in [0.05, 0.1) is 0 Å². The molecule has 0 spiro atoms. The third-order valence-electron chi connectivity index (χ3n) is 6.62. The second kappa shape index (κ2) is 9.06. The summed E-state index contributed by atoms with van der Waals surface area (Å²) in [6.45, 7) is 2.27. The largest absolute Gasteiger partial charge is 0.354 e. The van der Waals surface area contributed by atoms with Gasteiger partial charge in [0, 0.05) is 24.7 Å². The standard InChI is InChI=1S/C22H32N4O3S/c1-25(17-9-3-2-4-10-17)15-8-14-23-22(27)19-12-7-16-26(19)21-18-11-5-6-13-20(18)30(28,29)24-21/h5-6,11,13,17,19H,2-4,7-10,12,14-16H2,1H3,(H,23,27)/t19-/m0/s1. The van der Waals surface area contributed by atoms with Gasteiger partial charge < -0.3 is 15.1 Å². The van der Waals surface area contributed by atoms with Crippen LogP contribution in [-0.4, -0.2) is 68.7 Å². The molecule has 0 radical (unpaired) electrons. The van der Waals surface area contributed by atoms with Crippen molar-refractivity contribution in [1.82, 2.24) is 15.1 Å².